The van der Waals surface area contributed by atoms with E-state index in [1.54, 1.807) is 54.6 Å². The average molecular weight is 683 g/mol. The van der Waals surface area contributed by atoms with E-state index in [0.717, 1.165) is 11.1 Å². The van der Waals surface area contributed by atoms with Crippen molar-refractivity contribution in [1.29, 1.82) is 0 Å². The van der Waals surface area contributed by atoms with E-state index in [-0.39, 0.29) is 34.7 Å². The first-order chi connectivity index (χ1) is 23.2. The number of hydrogen-bond donors (Lipinski definition) is 2. The number of carbonyl (C=O) groups is 1. The Kier molecular flexibility index (Phi) is 10.4. The molecule has 1 aromatic heterocycles. The van der Waals surface area contributed by atoms with Crippen molar-refractivity contribution < 1.29 is 45.5 Å². The van der Waals surface area contributed by atoms with Gasteiger partial charge in [0, 0.05) is 11.1 Å². The number of benzene rings is 4. The maximum Gasteiger partial charge on any atom is 0.439 e. The van der Waals surface area contributed by atoms with Crippen LogP contribution in [0.5, 0.6) is 5.75 Å². The van der Waals surface area contributed by atoms with E-state index in [1.807, 2.05) is 18.2 Å². The van der Waals surface area contributed by atoms with Crippen LogP contribution in [-0.4, -0.2) is 21.2 Å². The number of aromatic carboxylic acids is 1. The highest BCUT2D eigenvalue weighted by Crippen LogP contribution is 2.37. The normalized spacial score (nSPS) is 12.7. The number of aryl methyl sites for hydroxylation is 1. The molecule has 49 heavy (non-hydrogen) atoms. The third-order valence-corrected chi connectivity index (χ3v) is 7.68. The van der Waals surface area contributed by atoms with Gasteiger partial charge in [-0.2, -0.15) is 26.3 Å². The van der Waals surface area contributed by atoms with E-state index in [4.69, 9.17) is 4.74 Å². The van der Waals surface area contributed by atoms with Crippen LogP contribution in [0.25, 0.3) is 17.5 Å². The Morgan fingerprint density at radius 1 is 0.857 bits per heavy atom. The van der Waals surface area contributed by atoms with Crippen LogP contribution < -0.4 is 10.5 Å². The van der Waals surface area contributed by atoms with Crippen LogP contribution in [0, 0.1) is 5.92 Å². The molecule has 0 amide bonds. The second-order valence-electron chi connectivity index (χ2n) is 11.2. The zero-order valence-corrected chi connectivity index (χ0v) is 25.5. The molecule has 0 fully saturated rings. The zero-order valence-electron chi connectivity index (χ0n) is 25.5. The van der Waals surface area contributed by atoms with Crippen molar-refractivity contribution in [2.24, 2.45) is 5.92 Å². The van der Waals surface area contributed by atoms with E-state index < -0.39 is 41.8 Å². The smallest absolute Gasteiger partial charge is 0.439 e. The second-order valence-corrected chi connectivity index (χ2v) is 11.2. The minimum Gasteiger partial charge on any atom is -0.488 e. The van der Waals surface area contributed by atoms with E-state index >= 15 is 0 Å². The Morgan fingerprint density at radius 3 is 2.08 bits per heavy atom. The van der Waals surface area contributed by atoms with Crippen LogP contribution >= 0.6 is 0 Å². The first-order valence-electron chi connectivity index (χ1n) is 14.9. The van der Waals surface area contributed by atoms with Crippen molar-refractivity contribution in [1.82, 2.24) is 10.1 Å². The molecule has 7 nitrogen and oxygen atoms in total. The molecule has 0 bridgehead atoms. The fraction of sp³-hybridized carbons (Fsp3) is 0.194. The lowest BCUT2D eigenvalue weighted by Gasteiger charge is -2.16. The largest absolute Gasteiger partial charge is 0.488 e. The Labute approximate surface area is 275 Å². The summed E-state index contributed by atoms with van der Waals surface area (Å²) >= 11 is 0. The van der Waals surface area contributed by atoms with Gasteiger partial charge in [0.15, 0.2) is 5.82 Å². The van der Waals surface area contributed by atoms with E-state index in [1.165, 1.54) is 12.1 Å². The number of nitrogens with one attached hydrogen (secondary N) is 1. The lowest BCUT2D eigenvalue weighted by Crippen LogP contribution is -2.12. The summed E-state index contributed by atoms with van der Waals surface area (Å²) in [4.78, 5) is 25.1. The van der Waals surface area contributed by atoms with Gasteiger partial charge in [0.1, 0.15) is 12.4 Å². The number of carboxylic acids is 1. The van der Waals surface area contributed by atoms with Crippen LogP contribution in [0.4, 0.5) is 26.3 Å². The number of alkyl halides is 6. The number of carboxylic acid groups (broad SMARTS) is 1. The Balaban J connectivity index is 1.36. The van der Waals surface area contributed by atoms with Gasteiger partial charge >= 0.3 is 24.1 Å². The molecule has 1 unspecified atom stereocenters. The van der Waals surface area contributed by atoms with Crippen LogP contribution in [-0.2, 0) is 31.8 Å². The highest BCUT2D eigenvalue weighted by Gasteiger charge is 2.37. The van der Waals surface area contributed by atoms with Crippen LogP contribution in [0.3, 0.4) is 0 Å². The first kappa shape index (κ1) is 34.7. The second kappa shape index (κ2) is 14.7. The molecule has 0 aliphatic carbocycles. The van der Waals surface area contributed by atoms with Crippen molar-refractivity contribution in [2.75, 3.05) is 0 Å². The Hall–Kier alpha value is -5.59. The summed E-state index contributed by atoms with van der Waals surface area (Å²) in [7, 11) is 0. The lowest BCUT2D eigenvalue weighted by atomic mass is 9.91. The number of hydrogen-bond acceptors (Lipinski definition) is 5. The van der Waals surface area contributed by atoms with Gasteiger partial charge in [0.2, 0.25) is 0 Å². The van der Waals surface area contributed by atoms with Gasteiger partial charge in [0.05, 0.1) is 16.7 Å². The predicted molar refractivity (Wildman–Crippen MR) is 168 cm³/mol. The molecule has 5 rings (SSSR count). The molecule has 0 aliphatic rings. The number of nitrogens with zero attached hydrogens (tertiary/aromatic N) is 1. The molecule has 254 valence electrons. The van der Waals surface area contributed by atoms with Crippen LogP contribution in [0.1, 0.15) is 50.2 Å². The lowest BCUT2D eigenvalue weighted by molar-refractivity contribution is -0.143. The molecule has 5 aromatic rings. The molecule has 13 heteroatoms. The van der Waals surface area contributed by atoms with Gasteiger partial charge in [-0.3, -0.25) is 9.51 Å². The van der Waals surface area contributed by atoms with Gasteiger partial charge in [-0.1, -0.05) is 71.9 Å². The number of ether oxygens (including phenoxy) is 1. The van der Waals surface area contributed by atoms with Gasteiger partial charge in [-0.05, 0) is 78.3 Å². The highest BCUT2D eigenvalue weighted by atomic mass is 19.4. The van der Waals surface area contributed by atoms with Crippen molar-refractivity contribution in [2.45, 2.75) is 38.2 Å². The van der Waals surface area contributed by atoms with E-state index in [9.17, 15) is 41.0 Å². The topological polar surface area (TPSA) is 105 Å². The van der Waals surface area contributed by atoms with Crippen molar-refractivity contribution in [3.05, 3.63) is 147 Å². The molecular formula is C36H28F6N2O5. The molecule has 1 heterocycles. The number of allylic oxidation sites excluding steroid dienone is 1. The quantitative estimate of drug-likeness (QED) is 0.127. The van der Waals surface area contributed by atoms with Gasteiger partial charge in [0.25, 0.3) is 0 Å². The predicted octanol–water partition coefficient (Wildman–Crippen LogP) is 8.85. The number of aromatic amines is 1. The molecule has 1 atom stereocenters. The standard InChI is InChI=1S/C36H28F6N2O5/c37-35(38,39)29-18-25(19-30(20-29)36(40,41)42)21-48-31-4-2-1-3-26(31)12-9-23(6-5-22-7-15-28(16-8-22)33(45)46)17-24-10-13-27(14-11-24)32-43-34(47)49-44-32/h1-4,7-16,18-20,23H,5-6,17,21H2,(H,45,46)(H,43,44,47)/b12-9+. The minimum atomic E-state index is -4.97. The number of halogens is 6. The summed E-state index contributed by atoms with van der Waals surface area (Å²) < 4.78 is 90.4. The SMILES string of the molecule is O=C(O)c1ccc(CCC(/C=C/c2ccccc2OCc2cc(C(F)(F)F)cc(C(F)(F)F)c2)Cc2ccc(-c3noc(=O)[nH]3)cc2)cc1. The molecule has 0 saturated carbocycles. The monoisotopic (exact) mass is 682 g/mol. The number of rotatable bonds is 12. The number of aromatic nitrogens is 2. The van der Waals surface area contributed by atoms with E-state index in [0.29, 0.717) is 42.5 Å². The van der Waals surface area contributed by atoms with Crippen LogP contribution in [0.2, 0.25) is 0 Å². The molecule has 0 aliphatic heterocycles. The van der Waals surface area contributed by atoms with Crippen molar-refractivity contribution >= 4 is 12.0 Å². The third kappa shape index (κ3) is 9.49. The number of H-pyrrole nitrogens is 1. The van der Waals surface area contributed by atoms with Gasteiger partial charge in [-0.25, -0.2) is 9.59 Å². The summed E-state index contributed by atoms with van der Waals surface area (Å²) in [6, 6.07) is 21.9. The van der Waals surface area contributed by atoms with Gasteiger partial charge < -0.3 is 9.84 Å². The summed E-state index contributed by atoms with van der Waals surface area (Å²) in [6.07, 6.45) is -4.37. The van der Waals surface area contributed by atoms with Gasteiger partial charge in [-0.15, -0.1) is 0 Å². The average Bonchev–Trinajstić information content (AvgIpc) is 3.51. The fourth-order valence-corrected chi connectivity index (χ4v) is 5.14. The molecule has 2 N–H and O–H groups in total. The molecular weight excluding hydrogens is 654 g/mol. The summed E-state index contributed by atoms with van der Waals surface area (Å²) in [5, 5.41) is 12.9. The summed E-state index contributed by atoms with van der Waals surface area (Å²) in [6.45, 7) is -0.531. The minimum absolute atomic E-state index is 0.0669. The zero-order chi connectivity index (χ0) is 35.2. The summed E-state index contributed by atoms with van der Waals surface area (Å²) in [5.41, 5.74) is 0.141. The maximum atomic E-state index is 13.4. The molecule has 0 spiro atoms. The number of para-hydroxylation sites is 1. The van der Waals surface area contributed by atoms with Crippen molar-refractivity contribution in [3.8, 4) is 17.1 Å². The van der Waals surface area contributed by atoms with Crippen molar-refractivity contribution in [3.63, 3.8) is 0 Å². The Bertz CT molecular complexity index is 1950. The molecule has 4 aromatic carbocycles. The maximum absolute atomic E-state index is 13.4. The molecule has 0 saturated heterocycles. The van der Waals surface area contributed by atoms with Crippen LogP contribution in [0.15, 0.2) is 106 Å². The third-order valence-electron chi connectivity index (χ3n) is 7.68. The first-order valence-corrected chi connectivity index (χ1v) is 14.9. The Morgan fingerprint density at radius 2 is 1.49 bits per heavy atom. The fourth-order valence-electron chi connectivity index (χ4n) is 5.14. The summed E-state index contributed by atoms with van der Waals surface area (Å²) in [5.74, 6) is -1.22. The molecule has 0 radical (unpaired) electrons. The highest BCUT2D eigenvalue weighted by molar-refractivity contribution is 5.87. The van der Waals surface area contributed by atoms with E-state index in [2.05, 4.69) is 14.7 Å².